The second kappa shape index (κ2) is 7.27. The van der Waals surface area contributed by atoms with Gasteiger partial charge in [0, 0.05) is 16.7 Å². The van der Waals surface area contributed by atoms with Crippen molar-refractivity contribution < 1.29 is 17.9 Å². The number of benzene rings is 2. The van der Waals surface area contributed by atoms with E-state index in [4.69, 9.17) is 4.74 Å². The van der Waals surface area contributed by atoms with Crippen LogP contribution in [0.25, 0.3) is 0 Å². The van der Waals surface area contributed by atoms with Crippen LogP contribution in [0.15, 0.2) is 59.5 Å². The van der Waals surface area contributed by atoms with Crippen LogP contribution in [0.1, 0.15) is 15.2 Å². The summed E-state index contributed by atoms with van der Waals surface area (Å²) in [5.41, 5.74) is 0.431. The highest BCUT2D eigenvalue weighted by atomic mass is 32.2. The van der Waals surface area contributed by atoms with E-state index in [9.17, 15) is 13.2 Å². The Morgan fingerprint density at radius 2 is 1.81 bits per heavy atom. The number of carbonyl (C=O) groups excluding carboxylic acids is 1. The molecule has 3 rings (SSSR count). The normalized spacial score (nSPS) is 11.2. The molecule has 6 nitrogen and oxygen atoms in total. The van der Waals surface area contributed by atoms with Gasteiger partial charge in [0.1, 0.15) is 17.3 Å². The van der Waals surface area contributed by atoms with Crippen molar-refractivity contribution in [1.82, 2.24) is 4.37 Å². The third kappa shape index (κ3) is 4.47. The first-order valence-corrected chi connectivity index (χ1v) is 10.3. The molecule has 0 saturated carbocycles. The van der Waals surface area contributed by atoms with Crippen molar-refractivity contribution in [2.45, 2.75) is 11.8 Å². The number of hydrogen-bond donors (Lipinski definition) is 1. The van der Waals surface area contributed by atoms with E-state index >= 15 is 0 Å². The molecule has 0 spiro atoms. The van der Waals surface area contributed by atoms with E-state index in [-0.39, 0.29) is 10.8 Å². The van der Waals surface area contributed by atoms with Gasteiger partial charge in [0.05, 0.1) is 4.90 Å². The summed E-state index contributed by atoms with van der Waals surface area (Å²) in [7, 11) is -3.25. The average molecular weight is 388 g/mol. The molecule has 0 aliphatic rings. The number of carbonyl (C=O) groups is 1. The molecule has 0 atom stereocenters. The maximum atomic E-state index is 12.3. The van der Waals surface area contributed by atoms with Gasteiger partial charge in [-0.1, -0.05) is 6.07 Å². The standard InChI is InChI=1S/C18H16N2O4S2/c1-12-10-17(20-25-12)19-18(21)13-4-3-5-15(11-13)24-14-6-8-16(9-7-14)26(2,22)23/h3-11H,1-2H3,(H,19,20,21). The number of nitrogens with zero attached hydrogens (tertiary/aromatic N) is 1. The van der Waals surface area contributed by atoms with E-state index in [1.165, 1.54) is 23.7 Å². The first-order valence-electron chi connectivity index (χ1n) is 7.64. The molecule has 0 radical (unpaired) electrons. The van der Waals surface area contributed by atoms with Crippen molar-refractivity contribution in [2.75, 3.05) is 11.6 Å². The first kappa shape index (κ1) is 18.1. The number of anilines is 1. The van der Waals surface area contributed by atoms with Gasteiger partial charge in [-0.05, 0) is 67.0 Å². The Morgan fingerprint density at radius 3 is 2.42 bits per heavy atom. The number of aromatic nitrogens is 1. The lowest BCUT2D eigenvalue weighted by Crippen LogP contribution is -2.11. The third-order valence-electron chi connectivity index (χ3n) is 3.45. The van der Waals surface area contributed by atoms with Crippen molar-refractivity contribution in [2.24, 2.45) is 0 Å². The van der Waals surface area contributed by atoms with Crippen LogP contribution in [-0.4, -0.2) is 25.0 Å². The summed E-state index contributed by atoms with van der Waals surface area (Å²) in [6.07, 6.45) is 1.15. The zero-order valence-electron chi connectivity index (χ0n) is 14.1. The molecular weight excluding hydrogens is 372 g/mol. The van der Waals surface area contributed by atoms with Crippen molar-refractivity contribution in [3.8, 4) is 11.5 Å². The zero-order chi connectivity index (χ0) is 18.7. The number of aryl methyl sites for hydroxylation is 1. The smallest absolute Gasteiger partial charge is 0.256 e. The fraction of sp³-hybridized carbons (Fsp3) is 0.111. The van der Waals surface area contributed by atoms with E-state index in [0.29, 0.717) is 22.9 Å². The van der Waals surface area contributed by atoms with Gasteiger partial charge in [-0.25, -0.2) is 8.42 Å². The average Bonchev–Trinajstić information content (AvgIpc) is 2.99. The van der Waals surface area contributed by atoms with Gasteiger partial charge < -0.3 is 10.1 Å². The van der Waals surface area contributed by atoms with E-state index < -0.39 is 9.84 Å². The Bertz CT molecular complexity index is 1040. The summed E-state index contributed by atoms with van der Waals surface area (Å²) >= 11 is 1.32. The van der Waals surface area contributed by atoms with Crippen molar-refractivity contribution in [1.29, 1.82) is 0 Å². The molecule has 26 heavy (non-hydrogen) atoms. The van der Waals surface area contributed by atoms with Crippen LogP contribution >= 0.6 is 11.5 Å². The van der Waals surface area contributed by atoms with Gasteiger partial charge >= 0.3 is 0 Å². The molecule has 0 aliphatic carbocycles. The fourth-order valence-corrected chi connectivity index (χ4v) is 3.34. The number of ether oxygens (including phenoxy) is 1. The molecule has 1 N–H and O–H groups in total. The predicted molar refractivity (Wildman–Crippen MR) is 101 cm³/mol. The lowest BCUT2D eigenvalue weighted by molar-refractivity contribution is 0.102. The minimum absolute atomic E-state index is 0.219. The summed E-state index contributed by atoms with van der Waals surface area (Å²) in [5, 5.41) is 2.73. The Labute approximate surface area is 155 Å². The second-order valence-electron chi connectivity index (χ2n) is 5.65. The predicted octanol–water partition coefficient (Wildman–Crippen LogP) is 3.90. The maximum absolute atomic E-state index is 12.3. The molecule has 8 heteroatoms. The Hall–Kier alpha value is -2.71. The fourth-order valence-electron chi connectivity index (χ4n) is 2.21. The summed E-state index contributed by atoms with van der Waals surface area (Å²) in [6, 6.07) is 14.6. The molecule has 0 aliphatic heterocycles. The van der Waals surface area contributed by atoms with Crippen LogP contribution in [0.5, 0.6) is 11.5 Å². The number of hydrogen-bond acceptors (Lipinski definition) is 6. The largest absolute Gasteiger partial charge is 0.457 e. The summed E-state index contributed by atoms with van der Waals surface area (Å²) in [4.78, 5) is 13.5. The van der Waals surface area contributed by atoms with E-state index in [1.807, 2.05) is 6.92 Å². The van der Waals surface area contributed by atoms with Gasteiger partial charge in [0.2, 0.25) is 0 Å². The van der Waals surface area contributed by atoms with E-state index in [1.54, 1.807) is 42.5 Å². The minimum atomic E-state index is -3.25. The van der Waals surface area contributed by atoms with Crippen molar-refractivity contribution >= 4 is 33.1 Å². The molecule has 0 bridgehead atoms. The van der Waals surface area contributed by atoms with Crippen LogP contribution in [0.2, 0.25) is 0 Å². The quantitative estimate of drug-likeness (QED) is 0.716. The number of sulfone groups is 1. The maximum Gasteiger partial charge on any atom is 0.256 e. The summed E-state index contributed by atoms with van der Waals surface area (Å²) in [6.45, 7) is 1.91. The highest BCUT2D eigenvalue weighted by molar-refractivity contribution is 7.90. The van der Waals surface area contributed by atoms with Crippen LogP contribution in [0.3, 0.4) is 0 Å². The molecule has 0 fully saturated rings. The van der Waals surface area contributed by atoms with Gasteiger partial charge in [0.15, 0.2) is 9.84 Å². The lowest BCUT2D eigenvalue weighted by atomic mass is 10.2. The van der Waals surface area contributed by atoms with E-state index in [0.717, 1.165) is 11.1 Å². The highest BCUT2D eigenvalue weighted by Crippen LogP contribution is 2.24. The molecule has 134 valence electrons. The summed E-state index contributed by atoms with van der Waals surface area (Å²) < 4.78 is 32.8. The molecule has 2 aromatic carbocycles. The number of amides is 1. The van der Waals surface area contributed by atoms with Crippen LogP contribution in [0, 0.1) is 6.92 Å². The SMILES string of the molecule is Cc1cc(NC(=O)c2cccc(Oc3ccc(S(C)(=O)=O)cc3)c2)ns1. The molecule has 1 heterocycles. The van der Waals surface area contributed by atoms with Crippen LogP contribution in [0.4, 0.5) is 5.82 Å². The van der Waals surface area contributed by atoms with Gasteiger partial charge in [-0.3, -0.25) is 4.79 Å². The monoisotopic (exact) mass is 388 g/mol. The van der Waals surface area contributed by atoms with Crippen molar-refractivity contribution in [3.05, 3.63) is 65.0 Å². The van der Waals surface area contributed by atoms with E-state index in [2.05, 4.69) is 9.69 Å². The minimum Gasteiger partial charge on any atom is -0.457 e. The topological polar surface area (TPSA) is 85.4 Å². The third-order valence-corrected chi connectivity index (χ3v) is 5.28. The molecular formula is C18H16N2O4S2. The molecule has 3 aromatic rings. The van der Waals surface area contributed by atoms with Crippen LogP contribution in [-0.2, 0) is 9.84 Å². The summed E-state index contributed by atoms with van der Waals surface area (Å²) in [5.74, 6) is 1.18. The Kier molecular flexibility index (Phi) is 5.06. The number of rotatable bonds is 5. The molecule has 1 amide bonds. The van der Waals surface area contributed by atoms with Crippen molar-refractivity contribution in [3.63, 3.8) is 0 Å². The molecule has 0 unspecified atom stereocenters. The Balaban J connectivity index is 1.73. The van der Waals surface area contributed by atoms with Gasteiger partial charge in [-0.2, -0.15) is 4.37 Å². The molecule has 1 aromatic heterocycles. The van der Waals surface area contributed by atoms with Crippen LogP contribution < -0.4 is 10.1 Å². The second-order valence-corrected chi connectivity index (χ2v) is 8.68. The molecule has 0 saturated heterocycles. The number of nitrogens with one attached hydrogen (secondary N) is 1. The Morgan fingerprint density at radius 1 is 1.08 bits per heavy atom. The lowest BCUT2D eigenvalue weighted by Gasteiger charge is -2.08. The highest BCUT2D eigenvalue weighted by Gasteiger charge is 2.10. The zero-order valence-corrected chi connectivity index (χ0v) is 15.7. The van der Waals surface area contributed by atoms with Gasteiger partial charge in [0.25, 0.3) is 5.91 Å². The first-order chi connectivity index (χ1) is 12.3. The van der Waals surface area contributed by atoms with Gasteiger partial charge in [-0.15, -0.1) is 0 Å².